The minimum Gasteiger partial charge on any atom is -0.356 e. The number of hydrogen-bond acceptors (Lipinski definition) is 2. The molecule has 0 fully saturated rings. The van der Waals surface area contributed by atoms with Crippen LogP contribution >= 0.6 is 0 Å². The zero-order valence-corrected chi connectivity index (χ0v) is 11.2. The molecule has 0 atom stereocenters. The highest BCUT2D eigenvalue weighted by Crippen LogP contribution is 2.01. The van der Waals surface area contributed by atoms with E-state index in [0.29, 0.717) is 19.4 Å². The lowest BCUT2D eigenvalue weighted by Gasteiger charge is -2.06. The zero-order chi connectivity index (χ0) is 13.4. The van der Waals surface area contributed by atoms with Crippen molar-refractivity contribution in [3.05, 3.63) is 24.0 Å². The van der Waals surface area contributed by atoms with Gasteiger partial charge in [0.05, 0.1) is 0 Å². The smallest absolute Gasteiger partial charge is 0.220 e. The molecule has 0 aliphatic heterocycles. The molecule has 0 unspecified atom stereocenters. The largest absolute Gasteiger partial charge is 0.356 e. The molecule has 0 radical (unpaired) electrons. The first-order chi connectivity index (χ1) is 8.59. The minimum absolute atomic E-state index is 0.0766. The van der Waals surface area contributed by atoms with E-state index in [4.69, 9.17) is 0 Å². The van der Waals surface area contributed by atoms with Gasteiger partial charge in [-0.25, -0.2) is 0 Å². The Labute approximate surface area is 108 Å². The van der Waals surface area contributed by atoms with Crippen LogP contribution in [0.2, 0.25) is 0 Å². The van der Waals surface area contributed by atoms with Crippen molar-refractivity contribution in [2.75, 3.05) is 6.54 Å². The summed E-state index contributed by atoms with van der Waals surface area (Å²) in [6.07, 6.45) is 5.54. The number of aromatic nitrogens is 1. The van der Waals surface area contributed by atoms with Crippen LogP contribution in [0, 0.1) is 0 Å². The molecule has 1 aromatic heterocycles. The Kier molecular flexibility index (Phi) is 6.19. The van der Waals surface area contributed by atoms with Crippen molar-refractivity contribution in [2.45, 2.75) is 39.0 Å². The standard InChI is InChI=1S/C14H22N2O2/c1-12(17)6-3-4-8-14(18)15-10-9-13-7-5-11-16(13)2/h5,7,11H,3-4,6,8-10H2,1-2H3,(H,15,18). The van der Waals surface area contributed by atoms with Crippen molar-refractivity contribution >= 4 is 11.7 Å². The van der Waals surface area contributed by atoms with Crippen LogP contribution in [0.1, 0.15) is 38.3 Å². The van der Waals surface area contributed by atoms with Gasteiger partial charge >= 0.3 is 0 Å². The third kappa shape index (κ3) is 5.66. The fourth-order valence-electron chi connectivity index (χ4n) is 1.83. The number of carbonyl (C=O) groups excluding carboxylic acids is 2. The first kappa shape index (κ1) is 14.5. The molecule has 0 saturated heterocycles. The normalized spacial score (nSPS) is 10.3. The van der Waals surface area contributed by atoms with Gasteiger partial charge in [0, 0.05) is 44.7 Å². The molecular formula is C14H22N2O2. The Bertz CT molecular complexity index is 396. The lowest BCUT2D eigenvalue weighted by Crippen LogP contribution is -2.25. The van der Waals surface area contributed by atoms with Crippen LogP contribution in [0.5, 0.6) is 0 Å². The molecule has 0 aliphatic rings. The fourth-order valence-corrected chi connectivity index (χ4v) is 1.83. The summed E-state index contributed by atoms with van der Waals surface area (Å²) in [4.78, 5) is 22.2. The second kappa shape index (κ2) is 7.69. The van der Waals surface area contributed by atoms with Gasteiger partial charge in [0.25, 0.3) is 0 Å². The van der Waals surface area contributed by atoms with Gasteiger partial charge in [-0.2, -0.15) is 0 Å². The van der Waals surface area contributed by atoms with E-state index >= 15 is 0 Å². The number of ketones is 1. The first-order valence-electron chi connectivity index (χ1n) is 6.46. The number of hydrogen-bond donors (Lipinski definition) is 1. The van der Waals surface area contributed by atoms with E-state index in [1.165, 1.54) is 5.69 Å². The van der Waals surface area contributed by atoms with Gasteiger partial charge in [0.2, 0.25) is 5.91 Å². The van der Waals surface area contributed by atoms with Gasteiger partial charge in [-0.3, -0.25) is 4.79 Å². The predicted octanol–water partition coefficient (Wildman–Crippen LogP) is 1.83. The molecule has 0 spiro atoms. The molecule has 0 saturated carbocycles. The van der Waals surface area contributed by atoms with Gasteiger partial charge in [-0.05, 0) is 31.9 Å². The van der Waals surface area contributed by atoms with Gasteiger partial charge in [0.1, 0.15) is 5.78 Å². The highest BCUT2D eigenvalue weighted by Gasteiger charge is 2.02. The monoisotopic (exact) mass is 250 g/mol. The van der Waals surface area contributed by atoms with Crippen LogP contribution in [-0.2, 0) is 23.1 Å². The summed E-state index contributed by atoms with van der Waals surface area (Å²) >= 11 is 0. The lowest BCUT2D eigenvalue weighted by molar-refractivity contribution is -0.121. The van der Waals surface area contributed by atoms with E-state index < -0.39 is 0 Å². The molecule has 1 aromatic rings. The third-order valence-corrected chi connectivity index (χ3v) is 2.94. The summed E-state index contributed by atoms with van der Waals surface area (Å²) in [5, 5.41) is 2.90. The Morgan fingerprint density at radius 3 is 2.61 bits per heavy atom. The maximum atomic E-state index is 11.5. The van der Waals surface area contributed by atoms with Crippen molar-refractivity contribution in [1.82, 2.24) is 9.88 Å². The average Bonchev–Trinajstić information content (AvgIpc) is 2.70. The number of nitrogens with zero attached hydrogens (tertiary/aromatic N) is 1. The van der Waals surface area contributed by atoms with Crippen molar-refractivity contribution in [3.8, 4) is 0 Å². The van der Waals surface area contributed by atoms with Crippen molar-refractivity contribution in [3.63, 3.8) is 0 Å². The Morgan fingerprint density at radius 1 is 1.28 bits per heavy atom. The molecule has 0 aliphatic carbocycles. The molecule has 0 bridgehead atoms. The number of amides is 1. The van der Waals surface area contributed by atoms with Crippen molar-refractivity contribution in [1.29, 1.82) is 0 Å². The fraction of sp³-hybridized carbons (Fsp3) is 0.571. The second-order valence-corrected chi connectivity index (χ2v) is 4.62. The number of Topliss-reactive ketones (excluding diaryl/α,β-unsaturated/α-hetero) is 1. The SMILES string of the molecule is CC(=O)CCCCC(=O)NCCc1cccn1C. The van der Waals surface area contributed by atoms with Crippen LogP contribution in [0.15, 0.2) is 18.3 Å². The molecule has 4 heteroatoms. The maximum Gasteiger partial charge on any atom is 0.220 e. The number of aryl methyl sites for hydroxylation is 1. The quantitative estimate of drug-likeness (QED) is 0.716. The zero-order valence-electron chi connectivity index (χ0n) is 11.2. The molecule has 1 heterocycles. The topological polar surface area (TPSA) is 51.1 Å². The second-order valence-electron chi connectivity index (χ2n) is 4.62. The molecule has 1 amide bonds. The van der Waals surface area contributed by atoms with E-state index in [1.807, 2.05) is 19.3 Å². The summed E-state index contributed by atoms with van der Waals surface area (Å²) in [5.41, 5.74) is 1.21. The summed E-state index contributed by atoms with van der Waals surface area (Å²) in [7, 11) is 2.00. The summed E-state index contributed by atoms with van der Waals surface area (Å²) in [6, 6.07) is 4.05. The van der Waals surface area contributed by atoms with Gasteiger partial charge < -0.3 is 14.7 Å². The molecule has 0 aromatic carbocycles. The van der Waals surface area contributed by atoms with Gasteiger partial charge in [0.15, 0.2) is 0 Å². The molecule has 100 valence electrons. The highest BCUT2D eigenvalue weighted by molar-refractivity contribution is 5.76. The van der Waals surface area contributed by atoms with E-state index in [1.54, 1.807) is 6.92 Å². The summed E-state index contributed by atoms with van der Waals surface area (Å²) < 4.78 is 2.05. The summed E-state index contributed by atoms with van der Waals surface area (Å²) in [6.45, 7) is 2.25. The van der Waals surface area contributed by atoms with Gasteiger partial charge in [-0.15, -0.1) is 0 Å². The van der Waals surface area contributed by atoms with E-state index in [-0.39, 0.29) is 11.7 Å². The minimum atomic E-state index is 0.0766. The average molecular weight is 250 g/mol. The molecule has 1 N–H and O–H groups in total. The van der Waals surface area contributed by atoms with E-state index in [2.05, 4.69) is 16.0 Å². The number of nitrogens with one attached hydrogen (secondary N) is 1. The highest BCUT2D eigenvalue weighted by atomic mass is 16.1. The van der Waals surface area contributed by atoms with E-state index in [9.17, 15) is 9.59 Å². The predicted molar refractivity (Wildman–Crippen MR) is 71.3 cm³/mol. The first-order valence-corrected chi connectivity index (χ1v) is 6.46. The third-order valence-electron chi connectivity index (χ3n) is 2.94. The lowest BCUT2D eigenvalue weighted by atomic mass is 10.1. The number of unbranched alkanes of at least 4 members (excludes halogenated alkanes) is 1. The van der Waals surface area contributed by atoms with Crippen LogP contribution in [0.25, 0.3) is 0 Å². The number of rotatable bonds is 8. The molecule has 4 nitrogen and oxygen atoms in total. The number of carbonyl (C=O) groups is 2. The Morgan fingerprint density at radius 2 is 2.00 bits per heavy atom. The molecule has 18 heavy (non-hydrogen) atoms. The van der Waals surface area contributed by atoms with Crippen LogP contribution < -0.4 is 5.32 Å². The van der Waals surface area contributed by atoms with Crippen molar-refractivity contribution in [2.24, 2.45) is 7.05 Å². The molecular weight excluding hydrogens is 228 g/mol. The van der Waals surface area contributed by atoms with Crippen LogP contribution in [0.3, 0.4) is 0 Å². The molecule has 1 rings (SSSR count). The Balaban J connectivity index is 2.07. The summed E-state index contributed by atoms with van der Waals surface area (Å²) in [5.74, 6) is 0.270. The van der Waals surface area contributed by atoms with E-state index in [0.717, 1.165) is 19.3 Å². The van der Waals surface area contributed by atoms with Crippen LogP contribution in [-0.4, -0.2) is 22.8 Å². The van der Waals surface area contributed by atoms with Gasteiger partial charge in [-0.1, -0.05) is 0 Å². The maximum absolute atomic E-state index is 11.5. The Hall–Kier alpha value is -1.58. The van der Waals surface area contributed by atoms with Crippen molar-refractivity contribution < 1.29 is 9.59 Å². The van der Waals surface area contributed by atoms with Crippen LogP contribution in [0.4, 0.5) is 0 Å².